The van der Waals surface area contributed by atoms with Crippen molar-refractivity contribution in [2.24, 2.45) is 0 Å². The number of carbonyl (C=O) groups is 2. The quantitative estimate of drug-likeness (QED) is 0.804. The maximum atomic E-state index is 10.1. The van der Waals surface area contributed by atoms with Gasteiger partial charge in [0.1, 0.15) is 11.4 Å². The van der Waals surface area contributed by atoms with E-state index in [1.807, 2.05) is 0 Å². The van der Waals surface area contributed by atoms with Crippen LogP contribution in [0, 0.1) is 0 Å². The molecule has 0 spiro atoms. The molecule has 0 aliphatic carbocycles. The van der Waals surface area contributed by atoms with Crippen LogP contribution in [0.4, 0.5) is 0 Å². The van der Waals surface area contributed by atoms with Crippen LogP contribution in [-0.4, -0.2) is 69.9 Å². The SMILES string of the molecule is O=C(O)c1ccccn1.O=C(O)c1ccccn1.[Ca+2]. The smallest absolute Gasteiger partial charge is 0.477 e. The Labute approximate surface area is 139 Å². The standard InChI is InChI=1S/2C6H5NO2.Ca/c2*8-6(9)5-3-1-2-4-7-5;/h2*1-4H,(H,8,9);/q;;+2. The molecule has 2 heterocycles. The fourth-order valence-corrected chi connectivity index (χ4v) is 0.979. The molecule has 7 heteroatoms. The molecule has 6 nitrogen and oxygen atoms in total. The molecule has 0 atom stereocenters. The monoisotopic (exact) mass is 286 g/mol. The molecule has 0 fully saturated rings. The molecule has 2 aromatic heterocycles. The van der Waals surface area contributed by atoms with Crippen molar-refractivity contribution in [2.45, 2.75) is 0 Å². The molecule has 0 aromatic carbocycles. The molecule has 0 saturated heterocycles. The molecule has 2 aromatic rings. The second kappa shape index (κ2) is 9.43. The molecule has 0 aliphatic heterocycles. The van der Waals surface area contributed by atoms with Gasteiger partial charge >= 0.3 is 49.7 Å². The van der Waals surface area contributed by atoms with Crippen molar-refractivity contribution in [3.8, 4) is 0 Å². The minimum Gasteiger partial charge on any atom is -0.477 e. The maximum absolute atomic E-state index is 10.1. The van der Waals surface area contributed by atoms with Crippen LogP contribution in [-0.2, 0) is 0 Å². The third-order valence-electron chi connectivity index (χ3n) is 1.77. The number of hydrogen-bond acceptors (Lipinski definition) is 4. The molecular weight excluding hydrogens is 276 g/mol. The van der Waals surface area contributed by atoms with Gasteiger partial charge in [0, 0.05) is 12.4 Å². The Morgan fingerprint density at radius 3 is 1.32 bits per heavy atom. The Morgan fingerprint density at radius 1 is 0.789 bits per heavy atom. The van der Waals surface area contributed by atoms with Gasteiger partial charge in [-0.1, -0.05) is 12.1 Å². The van der Waals surface area contributed by atoms with Crippen LogP contribution >= 0.6 is 0 Å². The molecule has 2 N–H and O–H groups in total. The van der Waals surface area contributed by atoms with E-state index in [2.05, 4.69) is 9.97 Å². The van der Waals surface area contributed by atoms with Gasteiger partial charge in [0.15, 0.2) is 0 Å². The van der Waals surface area contributed by atoms with Crippen LogP contribution in [0.1, 0.15) is 21.0 Å². The van der Waals surface area contributed by atoms with Crippen molar-refractivity contribution in [1.29, 1.82) is 0 Å². The Kier molecular flexibility index (Phi) is 8.69. The molecule has 92 valence electrons. The summed E-state index contributed by atoms with van der Waals surface area (Å²) in [7, 11) is 0. The summed E-state index contributed by atoms with van der Waals surface area (Å²) < 4.78 is 0. The fourth-order valence-electron chi connectivity index (χ4n) is 0.979. The number of pyridine rings is 2. The van der Waals surface area contributed by atoms with E-state index in [0.29, 0.717) is 0 Å². The zero-order valence-electron chi connectivity index (χ0n) is 9.93. The number of carboxylic acid groups (broad SMARTS) is 2. The van der Waals surface area contributed by atoms with Crippen molar-refractivity contribution in [1.82, 2.24) is 9.97 Å². The predicted molar refractivity (Wildman–Crippen MR) is 68.1 cm³/mol. The maximum Gasteiger partial charge on any atom is 2.00 e. The summed E-state index contributed by atoms with van der Waals surface area (Å²) >= 11 is 0. The van der Waals surface area contributed by atoms with Crippen molar-refractivity contribution in [3.05, 3.63) is 60.2 Å². The van der Waals surface area contributed by atoms with Gasteiger partial charge in [-0.05, 0) is 24.3 Å². The molecule has 19 heavy (non-hydrogen) atoms. The number of hydrogen-bond donors (Lipinski definition) is 2. The first-order valence-electron chi connectivity index (χ1n) is 4.90. The van der Waals surface area contributed by atoms with E-state index in [4.69, 9.17) is 10.2 Å². The molecular formula is C12H10CaN2O4+2. The van der Waals surface area contributed by atoms with E-state index in [1.54, 1.807) is 24.3 Å². The number of carboxylic acids is 2. The normalized spacial score (nSPS) is 8.42. The molecule has 2 rings (SSSR count). The summed E-state index contributed by atoms with van der Waals surface area (Å²) in [5, 5.41) is 16.6. The minimum absolute atomic E-state index is 0. The van der Waals surface area contributed by atoms with Crippen molar-refractivity contribution in [3.63, 3.8) is 0 Å². The van der Waals surface area contributed by atoms with E-state index in [0.717, 1.165) is 0 Å². The van der Waals surface area contributed by atoms with Gasteiger partial charge in [-0.15, -0.1) is 0 Å². The third-order valence-corrected chi connectivity index (χ3v) is 1.77. The van der Waals surface area contributed by atoms with Gasteiger partial charge in [0.25, 0.3) is 0 Å². The molecule has 0 saturated carbocycles. The first kappa shape index (κ1) is 17.5. The summed E-state index contributed by atoms with van der Waals surface area (Å²) in [6.07, 6.45) is 2.90. The van der Waals surface area contributed by atoms with Crippen molar-refractivity contribution >= 4 is 49.7 Å². The first-order valence-corrected chi connectivity index (χ1v) is 4.90. The Morgan fingerprint density at radius 2 is 1.16 bits per heavy atom. The first-order chi connectivity index (χ1) is 8.61. The zero-order chi connectivity index (χ0) is 13.4. The molecule has 0 aliphatic rings. The summed E-state index contributed by atoms with van der Waals surface area (Å²) in [4.78, 5) is 27.4. The molecule has 0 bridgehead atoms. The predicted octanol–water partition coefficient (Wildman–Crippen LogP) is 1.18. The average Bonchev–Trinajstić information content (AvgIpc) is 2.41. The Hall–Kier alpha value is -1.50. The zero-order valence-corrected chi connectivity index (χ0v) is 12.1. The van der Waals surface area contributed by atoms with E-state index < -0.39 is 11.9 Å². The fraction of sp³-hybridized carbons (Fsp3) is 0. The van der Waals surface area contributed by atoms with E-state index >= 15 is 0 Å². The topological polar surface area (TPSA) is 100 Å². The van der Waals surface area contributed by atoms with Gasteiger partial charge in [-0.25, -0.2) is 19.6 Å². The molecule has 0 amide bonds. The van der Waals surface area contributed by atoms with Gasteiger partial charge < -0.3 is 10.2 Å². The van der Waals surface area contributed by atoms with Crippen LogP contribution in [0.5, 0.6) is 0 Å². The summed E-state index contributed by atoms with van der Waals surface area (Å²) in [5.41, 5.74) is 0.162. The van der Waals surface area contributed by atoms with E-state index in [-0.39, 0.29) is 49.1 Å². The molecule has 0 radical (unpaired) electrons. The van der Waals surface area contributed by atoms with Gasteiger partial charge in [0.05, 0.1) is 0 Å². The Bertz CT molecular complexity index is 470. The second-order valence-electron chi connectivity index (χ2n) is 3.04. The molecule has 0 unspecified atom stereocenters. The largest absolute Gasteiger partial charge is 2.00 e. The minimum atomic E-state index is -0.990. The summed E-state index contributed by atoms with van der Waals surface area (Å²) in [6.45, 7) is 0. The van der Waals surface area contributed by atoms with Gasteiger partial charge in [0.2, 0.25) is 0 Å². The van der Waals surface area contributed by atoms with Gasteiger partial charge in [-0.2, -0.15) is 0 Å². The van der Waals surface area contributed by atoms with Gasteiger partial charge in [-0.3, -0.25) is 0 Å². The average molecular weight is 286 g/mol. The van der Waals surface area contributed by atoms with Crippen LogP contribution in [0.2, 0.25) is 0 Å². The van der Waals surface area contributed by atoms with Crippen LogP contribution in [0.25, 0.3) is 0 Å². The number of nitrogens with zero attached hydrogens (tertiary/aromatic N) is 2. The number of rotatable bonds is 2. The number of aromatic nitrogens is 2. The van der Waals surface area contributed by atoms with Crippen LogP contribution < -0.4 is 0 Å². The van der Waals surface area contributed by atoms with Crippen LogP contribution in [0.3, 0.4) is 0 Å². The third kappa shape index (κ3) is 6.85. The number of aromatic carboxylic acids is 2. The van der Waals surface area contributed by atoms with Crippen LogP contribution in [0.15, 0.2) is 48.8 Å². The Balaban J connectivity index is 0.000000324. The summed E-state index contributed by atoms with van der Waals surface area (Å²) in [6, 6.07) is 9.51. The summed E-state index contributed by atoms with van der Waals surface area (Å²) in [5.74, 6) is -1.98. The second-order valence-corrected chi connectivity index (χ2v) is 3.04. The van der Waals surface area contributed by atoms with E-state index in [9.17, 15) is 9.59 Å². The van der Waals surface area contributed by atoms with E-state index in [1.165, 1.54) is 24.5 Å². The van der Waals surface area contributed by atoms with Crippen molar-refractivity contribution in [2.75, 3.05) is 0 Å². The van der Waals surface area contributed by atoms with Crippen molar-refractivity contribution < 1.29 is 19.8 Å².